The molecular weight excluding hydrogens is 324 g/mol. The number of rotatable bonds is 9. The Labute approximate surface area is 155 Å². The molecule has 3 heteroatoms. The van der Waals surface area contributed by atoms with Crippen molar-refractivity contribution in [3.05, 3.63) is 90.0 Å². The van der Waals surface area contributed by atoms with E-state index in [9.17, 15) is 0 Å². The highest BCUT2D eigenvalue weighted by molar-refractivity contribution is 5.31. The summed E-state index contributed by atoms with van der Waals surface area (Å²) in [5, 5.41) is 0. The molecule has 3 aromatic carbocycles. The van der Waals surface area contributed by atoms with E-state index >= 15 is 0 Å². The minimum Gasteiger partial charge on any atom is -0.493 e. The standard InChI is InChI=1S/C23H24O3/c1-19-8-10-21(11-9-19)24-16-5-17-25-22-12-14-23(15-13-22)26-18-20-6-3-2-4-7-20/h2-4,6-15H,5,16-18H2,1H3. The van der Waals surface area contributed by atoms with Gasteiger partial charge in [-0.1, -0.05) is 48.0 Å². The van der Waals surface area contributed by atoms with Crippen molar-refractivity contribution in [2.24, 2.45) is 0 Å². The van der Waals surface area contributed by atoms with Crippen molar-refractivity contribution in [2.75, 3.05) is 13.2 Å². The van der Waals surface area contributed by atoms with Gasteiger partial charge in [-0.05, 0) is 48.9 Å². The molecule has 0 spiro atoms. The molecule has 0 aliphatic heterocycles. The van der Waals surface area contributed by atoms with E-state index in [1.807, 2.05) is 66.7 Å². The largest absolute Gasteiger partial charge is 0.493 e. The number of hydrogen-bond donors (Lipinski definition) is 0. The molecule has 0 aromatic heterocycles. The Morgan fingerprint density at radius 3 is 1.65 bits per heavy atom. The normalized spacial score (nSPS) is 10.3. The van der Waals surface area contributed by atoms with E-state index in [1.165, 1.54) is 5.56 Å². The molecule has 0 heterocycles. The summed E-state index contributed by atoms with van der Waals surface area (Å²) in [4.78, 5) is 0. The quantitative estimate of drug-likeness (QED) is 0.483. The van der Waals surface area contributed by atoms with Crippen LogP contribution in [0.5, 0.6) is 17.2 Å². The van der Waals surface area contributed by atoms with Crippen LogP contribution in [0, 0.1) is 6.92 Å². The van der Waals surface area contributed by atoms with Gasteiger partial charge in [-0.2, -0.15) is 0 Å². The third-order valence-electron chi connectivity index (χ3n) is 3.92. The smallest absolute Gasteiger partial charge is 0.120 e. The molecule has 0 saturated carbocycles. The minimum atomic E-state index is 0.567. The number of ether oxygens (including phenoxy) is 3. The van der Waals surface area contributed by atoms with Crippen molar-refractivity contribution >= 4 is 0 Å². The maximum absolute atomic E-state index is 5.77. The first-order valence-corrected chi connectivity index (χ1v) is 8.89. The van der Waals surface area contributed by atoms with Gasteiger partial charge in [-0.25, -0.2) is 0 Å². The lowest BCUT2D eigenvalue weighted by atomic mass is 10.2. The topological polar surface area (TPSA) is 27.7 Å². The predicted octanol–water partition coefficient (Wildman–Crippen LogP) is 5.42. The Bertz CT molecular complexity index is 765. The highest BCUT2D eigenvalue weighted by Crippen LogP contribution is 2.19. The van der Waals surface area contributed by atoms with Crippen LogP contribution in [0.3, 0.4) is 0 Å². The van der Waals surface area contributed by atoms with Gasteiger partial charge < -0.3 is 14.2 Å². The van der Waals surface area contributed by atoms with Crippen molar-refractivity contribution < 1.29 is 14.2 Å². The first kappa shape index (κ1) is 17.9. The molecule has 0 saturated heterocycles. The van der Waals surface area contributed by atoms with E-state index < -0.39 is 0 Å². The van der Waals surface area contributed by atoms with Crippen molar-refractivity contribution in [3.63, 3.8) is 0 Å². The molecular formula is C23H24O3. The fraction of sp³-hybridized carbons (Fsp3) is 0.217. The maximum Gasteiger partial charge on any atom is 0.120 e. The van der Waals surface area contributed by atoms with Gasteiger partial charge in [-0.3, -0.25) is 0 Å². The third kappa shape index (κ3) is 5.85. The van der Waals surface area contributed by atoms with E-state index in [-0.39, 0.29) is 0 Å². The van der Waals surface area contributed by atoms with Crippen LogP contribution in [0.2, 0.25) is 0 Å². The Morgan fingerprint density at radius 2 is 1.08 bits per heavy atom. The van der Waals surface area contributed by atoms with Gasteiger partial charge in [0.1, 0.15) is 23.9 Å². The van der Waals surface area contributed by atoms with Crippen LogP contribution in [0.4, 0.5) is 0 Å². The molecule has 0 amide bonds. The summed E-state index contributed by atoms with van der Waals surface area (Å²) in [5.41, 5.74) is 2.39. The zero-order chi connectivity index (χ0) is 18.0. The maximum atomic E-state index is 5.77. The lowest BCUT2D eigenvalue weighted by Crippen LogP contribution is -2.05. The third-order valence-corrected chi connectivity index (χ3v) is 3.92. The summed E-state index contributed by atoms with van der Waals surface area (Å²) in [6.07, 6.45) is 0.833. The van der Waals surface area contributed by atoms with E-state index in [0.29, 0.717) is 19.8 Å². The van der Waals surface area contributed by atoms with Crippen LogP contribution in [-0.2, 0) is 6.61 Å². The van der Waals surface area contributed by atoms with Crippen LogP contribution >= 0.6 is 0 Å². The van der Waals surface area contributed by atoms with Gasteiger partial charge in [0.05, 0.1) is 13.2 Å². The summed E-state index contributed by atoms with van der Waals surface area (Å²) < 4.78 is 17.2. The Hall–Kier alpha value is -2.94. The first-order valence-electron chi connectivity index (χ1n) is 8.89. The SMILES string of the molecule is Cc1ccc(OCCCOc2ccc(OCc3ccccc3)cc2)cc1. The molecule has 0 aliphatic carbocycles. The van der Waals surface area contributed by atoms with Crippen molar-refractivity contribution in [1.29, 1.82) is 0 Å². The number of benzene rings is 3. The molecule has 0 aliphatic rings. The summed E-state index contributed by atoms with van der Waals surface area (Å²) in [7, 11) is 0. The molecule has 0 unspecified atom stereocenters. The first-order chi connectivity index (χ1) is 12.8. The fourth-order valence-corrected chi connectivity index (χ4v) is 2.45. The lowest BCUT2D eigenvalue weighted by molar-refractivity contribution is 0.247. The number of aryl methyl sites for hydroxylation is 1. The van der Waals surface area contributed by atoms with Crippen LogP contribution in [0.25, 0.3) is 0 Å². The second-order valence-corrected chi connectivity index (χ2v) is 6.11. The Kier molecular flexibility index (Phi) is 6.54. The van der Waals surface area contributed by atoms with E-state index in [1.54, 1.807) is 0 Å². The van der Waals surface area contributed by atoms with Gasteiger partial charge in [-0.15, -0.1) is 0 Å². The summed E-state index contributed by atoms with van der Waals surface area (Å²) >= 11 is 0. The van der Waals surface area contributed by atoms with Crippen LogP contribution < -0.4 is 14.2 Å². The second kappa shape index (κ2) is 9.52. The predicted molar refractivity (Wildman–Crippen MR) is 104 cm³/mol. The van der Waals surface area contributed by atoms with Gasteiger partial charge in [0.15, 0.2) is 0 Å². The zero-order valence-corrected chi connectivity index (χ0v) is 15.1. The molecule has 0 atom stereocenters. The second-order valence-electron chi connectivity index (χ2n) is 6.11. The van der Waals surface area contributed by atoms with E-state index in [2.05, 4.69) is 19.1 Å². The lowest BCUT2D eigenvalue weighted by Gasteiger charge is -2.10. The molecule has 3 rings (SSSR count). The van der Waals surface area contributed by atoms with Crippen LogP contribution in [0.15, 0.2) is 78.9 Å². The molecule has 3 nitrogen and oxygen atoms in total. The highest BCUT2D eigenvalue weighted by atomic mass is 16.5. The minimum absolute atomic E-state index is 0.567. The average molecular weight is 348 g/mol. The van der Waals surface area contributed by atoms with E-state index in [0.717, 1.165) is 29.2 Å². The number of hydrogen-bond acceptors (Lipinski definition) is 3. The van der Waals surface area contributed by atoms with Gasteiger partial charge >= 0.3 is 0 Å². The Balaban J connectivity index is 1.34. The molecule has 0 fully saturated rings. The van der Waals surface area contributed by atoms with Crippen molar-refractivity contribution in [3.8, 4) is 17.2 Å². The van der Waals surface area contributed by atoms with E-state index in [4.69, 9.17) is 14.2 Å². The summed E-state index contributed by atoms with van der Waals surface area (Å²) in [5.74, 6) is 2.58. The molecule has 0 radical (unpaired) electrons. The van der Waals surface area contributed by atoms with Crippen LogP contribution in [-0.4, -0.2) is 13.2 Å². The van der Waals surface area contributed by atoms with Crippen LogP contribution in [0.1, 0.15) is 17.5 Å². The molecule has 0 bridgehead atoms. The zero-order valence-electron chi connectivity index (χ0n) is 15.1. The monoisotopic (exact) mass is 348 g/mol. The average Bonchev–Trinajstić information content (AvgIpc) is 2.69. The molecule has 134 valence electrons. The van der Waals surface area contributed by atoms with Gasteiger partial charge in [0.2, 0.25) is 0 Å². The molecule has 26 heavy (non-hydrogen) atoms. The van der Waals surface area contributed by atoms with Gasteiger partial charge in [0.25, 0.3) is 0 Å². The molecule has 3 aromatic rings. The summed E-state index contributed by atoms with van der Waals surface area (Å²) in [6, 6.07) is 25.9. The van der Waals surface area contributed by atoms with Gasteiger partial charge in [0, 0.05) is 6.42 Å². The fourth-order valence-electron chi connectivity index (χ4n) is 2.45. The van der Waals surface area contributed by atoms with Crippen molar-refractivity contribution in [2.45, 2.75) is 20.0 Å². The van der Waals surface area contributed by atoms with Crippen molar-refractivity contribution in [1.82, 2.24) is 0 Å². The summed E-state index contributed by atoms with van der Waals surface area (Å²) in [6.45, 7) is 3.89. The highest BCUT2D eigenvalue weighted by Gasteiger charge is 1.99. The Morgan fingerprint density at radius 1 is 0.577 bits per heavy atom. The molecule has 0 N–H and O–H groups in total.